The van der Waals surface area contributed by atoms with Gasteiger partial charge in [0.1, 0.15) is 0 Å². The molecule has 0 N–H and O–H groups in total. The van der Waals surface area contributed by atoms with Crippen molar-refractivity contribution < 1.29 is 0 Å². The van der Waals surface area contributed by atoms with E-state index in [0.717, 1.165) is 45.3 Å². The van der Waals surface area contributed by atoms with Gasteiger partial charge in [-0.1, -0.05) is 182 Å². The van der Waals surface area contributed by atoms with Gasteiger partial charge in [0.2, 0.25) is 0 Å². The van der Waals surface area contributed by atoms with E-state index in [0.29, 0.717) is 0 Å². The Kier molecular flexibility index (Phi) is 9.30. The summed E-state index contributed by atoms with van der Waals surface area (Å²) in [6.45, 7) is 0. The van der Waals surface area contributed by atoms with E-state index in [2.05, 4.69) is 298 Å². The van der Waals surface area contributed by atoms with Crippen LogP contribution in [0.25, 0.3) is 109 Å². The minimum atomic E-state index is 1.09. The van der Waals surface area contributed by atoms with Crippen LogP contribution in [0.3, 0.4) is 0 Å². The van der Waals surface area contributed by atoms with Crippen LogP contribution in [0.4, 0.5) is 34.1 Å². The van der Waals surface area contributed by atoms with Crippen LogP contribution in [0.5, 0.6) is 0 Å². The Hall–Kier alpha value is -10.2. The van der Waals surface area contributed by atoms with Gasteiger partial charge in [0, 0.05) is 65.8 Å². The quantitative estimate of drug-likeness (QED) is 0.134. The minimum Gasteiger partial charge on any atom is -0.310 e. The zero-order valence-corrected chi connectivity index (χ0v) is 41.3. The van der Waals surface area contributed by atoms with E-state index in [4.69, 9.17) is 0 Å². The highest BCUT2D eigenvalue weighted by molar-refractivity contribution is 6.28. The Labute approximate surface area is 439 Å². The number of aromatic nitrogens is 2. The molecule has 16 aromatic rings. The van der Waals surface area contributed by atoms with Crippen molar-refractivity contribution >= 4 is 121 Å². The molecular weight excluding hydrogens is 921 g/mol. The first-order valence-electron chi connectivity index (χ1n) is 26.2. The van der Waals surface area contributed by atoms with E-state index in [1.165, 1.54) is 98.1 Å². The van der Waals surface area contributed by atoms with Crippen LogP contribution < -0.4 is 9.80 Å². The number of fused-ring (bicyclic) bond motifs is 2. The molecule has 2 heterocycles. The van der Waals surface area contributed by atoms with Crippen LogP contribution in [0.15, 0.2) is 279 Å². The highest BCUT2D eigenvalue weighted by Crippen LogP contribution is 2.49. The molecule has 14 aromatic carbocycles. The van der Waals surface area contributed by atoms with Gasteiger partial charge in [0.05, 0.1) is 44.8 Å². The summed E-state index contributed by atoms with van der Waals surface area (Å²) in [5.74, 6) is 0. The van der Waals surface area contributed by atoms with Crippen LogP contribution in [0.1, 0.15) is 0 Å². The van der Waals surface area contributed by atoms with Gasteiger partial charge in [-0.3, -0.25) is 0 Å². The second-order valence-corrected chi connectivity index (χ2v) is 20.0. The van der Waals surface area contributed by atoms with Crippen LogP contribution in [0, 0.1) is 0 Å². The molecule has 0 atom stereocenters. The van der Waals surface area contributed by atoms with Crippen molar-refractivity contribution in [3.8, 4) is 22.5 Å². The summed E-state index contributed by atoms with van der Waals surface area (Å²) < 4.78 is 4.94. The summed E-state index contributed by atoms with van der Waals surface area (Å²) in [5, 5.41) is 15.0. The standard InChI is InChI=1S/C72H46N4/c1-3-21-53(22-4-1)73(63-43-45-67-71-59(63)41-35-51-19-13-29-65(69(51)71)75(67)61-27-11-17-49-15-7-9-25-57(49)61)55-37-31-47(32-38-55)48-33-39-56(40-34-48)74(54-23-5-2-6-24-54)64-44-46-68-72-60(64)42-36-52-20-14-30-66(70(52)72)76(68)62-28-12-18-50-16-8-10-26-58(50)62/h1-46H. The van der Waals surface area contributed by atoms with Gasteiger partial charge in [-0.05, 0) is 130 Å². The molecule has 0 spiro atoms. The van der Waals surface area contributed by atoms with E-state index in [9.17, 15) is 0 Å². The van der Waals surface area contributed by atoms with Crippen LogP contribution in [-0.4, -0.2) is 9.13 Å². The summed E-state index contributed by atoms with van der Waals surface area (Å²) in [4.78, 5) is 4.83. The largest absolute Gasteiger partial charge is 0.310 e. The van der Waals surface area contributed by atoms with Gasteiger partial charge in [0.15, 0.2) is 0 Å². The molecule has 76 heavy (non-hydrogen) atoms. The topological polar surface area (TPSA) is 16.3 Å². The number of benzene rings is 14. The average Bonchev–Trinajstić information content (AvgIpc) is 4.20. The summed E-state index contributed by atoms with van der Waals surface area (Å²) in [7, 11) is 0. The zero-order chi connectivity index (χ0) is 49.8. The molecule has 0 aliphatic rings. The van der Waals surface area contributed by atoms with Crippen LogP contribution in [-0.2, 0) is 0 Å². The minimum absolute atomic E-state index is 1.09. The number of para-hydroxylation sites is 2. The number of hydrogen-bond donors (Lipinski definition) is 0. The fraction of sp³-hybridized carbons (Fsp3) is 0. The van der Waals surface area contributed by atoms with Gasteiger partial charge in [-0.15, -0.1) is 0 Å². The highest BCUT2D eigenvalue weighted by Gasteiger charge is 2.25. The second-order valence-electron chi connectivity index (χ2n) is 20.0. The van der Waals surface area contributed by atoms with Gasteiger partial charge in [0.25, 0.3) is 0 Å². The maximum atomic E-state index is 2.47. The molecule has 0 amide bonds. The Morgan fingerprint density at radius 1 is 0.211 bits per heavy atom. The molecule has 0 saturated carbocycles. The van der Waals surface area contributed by atoms with Crippen LogP contribution in [0.2, 0.25) is 0 Å². The molecule has 0 fully saturated rings. The lowest BCUT2D eigenvalue weighted by atomic mass is 9.99. The normalized spacial score (nSPS) is 11.9. The van der Waals surface area contributed by atoms with Crippen molar-refractivity contribution in [1.82, 2.24) is 9.13 Å². The van der Waals surface area contributed by atoms with E-state index < -0.39 is 0 Å². The van der Waals surface area contributed by atoms with Crippen LogP contribution >= 0.6 is 0 Å². The first-order chi connectivity index (χ1) is 37.7. The third-order valence-corrected chi connectivity index (χ3v) is 16.0. The lowest BCUT2D eigenvalue weighted by Gasteiger charge is -2.28. The average molecular weight is 967 g/mol. The maximum absolute atomic E-state index is 2.47. The summed E-state index contributed by atoms with van der Waals surface area (Å²) >= 11 is 0. The molecule has 0 aliphatic heterocycles. The molecule has 16 rings (SSSR count). The highest BCUT2D eigenvalue weighted by atomic mass is 15.2. The van der Waals surface area contributed by atoms with Gasteiger partial charge in [-0.25, -0.2) is 0 Å². The molecule has 2 aromatic heterocycles. The fourth-order valence-electron chi connectivity index (χ4n) is 12.7. The first kappa shape index (κ1) is 42.4. The lowest BCUT2D eigenvalue weighted by Crippen LogP contribution is -2.10. The molecule has 0 aliphatic carbocycles. The molecule has 0 unspecified atom stereocenters. The smallest absolute Gasteiger partial charge is 0.0549 e. The Balaban J connectivity index is 0.792. The summed E-state index contributed by atoms with van der Waals surface area (Å²) in [6, 6.07) is 102. The zero-order valence-electron chi connectivity index (χ0n) is 41.3. The van der Waals surface area contributed by atoms with E-state index in [1.807, 2.05) is 0 Å². The molecule has 0 saturated heterocycles. The summed E-state index contributed by atoms with van der Waals surface area (Å²) in [5.41, 5.74) is 16.2. The molecule has 4 heteroatoms. The molecule has 354 valence electrons. The maximum Gasteiger partial charge on any atom is 0.0549 e. The third kappa shape index (κ3) is 6.31. The Morgan fingerprint density at radius 3 is 1.01 bits per heavy atom. The molecule has 0 radical (unpaired) electrons. The monoisotopic (exact) mass is 966 g/mol. The lowest BCUT2D eigenvalue weighted by molar-refractivity contribution is 1.20. The van der Waals surface area contributed by atoms with Gasteiger partial charge >= 0.3 is 0 Å². The van der Waals surface area contributed by atoms with Crippen molar-refractivity contribution in [2.24, 2.45) is 0 Å². The first-order valence-corrected chi connectivity index (χ1v) is 26.2. The van der Waals surface area contributed by atoms with Crippen molar-refractivity contribution in [1.29, 1.82) is 0 Å². The van der Waals surface area contributed by atoms with Gasteiger partial charge < -0.3 is 18.9 Å². The fourth-order valence-corrected chi connectivity index (χ4v) is 12.7. The number of nitrogens with zero attached hydrogens (tertiary/aromatic N) is 4. The van der Waals surface area contributed by atoms with E-state index >= 15 is 0 Å². The van der Waals surface area contributed by atoms with E-state index in [-0.39, 0.29) is 0 Å². The third-order valence-electron chi connectivity index (χ3n) is 16.0. The van der Waals surface area contributed by atoms with Gasteiger partial charge in [-0.2, -0.15) is 0 Å². The molecule has 0 bridgehead atoms. The van der Waals surface area contributed by atoms with Crippen molar-refractivity contribution in [3.05, 3.63) is 279 Å². The number of anilines is 6. The van der Waals surface area contributed by atoms with Crippen molar-refractivity contribution in [2.45, 2.75) is 0 Å². The predicted molar refractivity (Wildman–Crippen MR) is 322 cm³/mol. The second kappa shape index (κ2) is 16.7. The Bertz CT molecular complexity index is 4540. The SMILES string of the molecule is c1ccc(N(c2ccc(-c3ccc(N(c4ccccc4)c4ccc5c6c4ccc4cccc(c46)n5-c4cccc5ccccc45)cc3)cc2)c2ccc3c4c2ccc2cccc(c24)n3-c2cccc3ccccc23)cc1. The molecule has 4 nitrogen and oxygen atoms in total. The number of hydrogen-bond acceptors (Lipinski definition) is 2. The summed E-state index contributed by atoms with van der Waals surface area (Å²) in [6.07, 6.45) is 0. The van der Waals surface area contributed by atoms with Crippen molar-refractivity contribution in [2.75, 3.05) is 9.80 Å². The predicted octanol–water partition coefficient (Wildman–Crippen LogP) is 20.0. The Morgan fingerprint density at radius 2 is 0.566 bits per heavy atom. The van der Waals surface area contributed by atoms with E-state index in [1.54, 1.807) is 0 Å². The van der Waals surface area contributed by atoms with Crippen molar-refractivity contribution in [3.63, 3.8) is 0 Å². The number of rotatable bonds is 9. The molecular formula is C72H46N4.